The Hall–Kier alpha value is -1.54. The van der Waals surface area contributed by atoms with E-state index in [0.717, 1.165) is 12.1 Å². The number of nitrogens with zero attached hydrogens (tertiary/aromatic N) is 1. The topological polar surface area (TPSA) is 61.1 Å². The van der Waals surface area contributed by atoms with Crippen LogP contribution in [0.3, 0.4) is 0 Å². The van der Waals surface area contributed by atoms with Crippen LogP contribution in [0.2, 0.25) is 0 Å². The highest BCUT2D eigenvalue weighted by Gasteiger charge is 2.11. The van der Waals surface area contributed by atoms with Crippen LogP contribution in [0, 0.1) is 17.1 Å². The van der Waals surface area contributed by atoms with E-state index in [1.807, 2.05) is 0 Å². The Bertz CT molecular complexity index is 426. The number of nitriles is 1. The zero-order valence-electron chi connectivity index (χ0n) is 6.99. The number of thiol groups is 1. The summed E-state index contributed by atoms with van der Waals surface area (Å²) in [4.78, 5) is 10.6. The molecule has 0 unspecified atom stereocenters. The van der Waals surface area contributed by atoms with Crippen molar-refractivity contribution in [2.24, 2.45) is 0 Å². The molecule has 3 nitrogen and oxygen atoms in total. The lowest BCUT2D eigenvalue weighted by molar-refractivity contribution is -0.136. The summed E-state index contributed by atoms with van der Waals surface area (Å²) in [7, 11) is 0. The van der Waals surface area contributed by atoms with Gasteiger partial charge in [0, 0.05) is 4.90 Å². The van der Waals surface area contributed by atoms with Crippen LogP contribution in [0.1, 0.15) is 11.1 Å². The van der Waals surface area contributed by atoms with Gasteiger partial charge in [-0.2, -0.15) is 5.26 Å². The van der Waals surface area contributed by atoms with Crippen molar-refractivity contribution in [3.8, 4) is 6.07 Å². The number of aliphatic carboxylic acids is 1. The SMILES string of the molecule is N#Cc1c(S)cc(F)cc1CC(=O)O. The normalized spacial score (nSPS) is 9.50. The van der Waals surface area contributed by atoms with Crippen molar-refractivity contribution in [1.29, 1.82) is 5.26 Å². The molecule has 1 aromatic carbocycles. The molecule has 0 aliphatic rings. The zero-order chi connectivity index (χ0) is 10.7. The van der Waals surface area contributed by atoms with Crippen LogP contribution in [0.25, 0.3) is 0 Å². The minimum absolute atomic E-state index is 0.108. The Labute approximate surface area is 85.2 Å². The number of carboxylic acids is 1. The Kier molecular flexibility index (Phi) is 3.10. The molecule has 0 spiro atoms. The van der Waals surface area contributed by atoms with Crippen LogP contribution in [-0.4, -0.2) is 11.1 Å². The summed E-state index contributed by atoms with van der Waals surface area (Å²) in [6.45, 7) is 0. The minimum Gasteiger partial charge on any atom is -0.481 e. The molecule has 0 heterocycles. The number of carboxylic acid groups (broad SMARTS) is 1. The average Bonchev–Trinajstić information content (AvgIpc) is 2.01. The summed E-state index contributed by atoms with van der Waals surface area (Å²) in [5, 5.41) is 17.2. The molecule has 14 heavy (non-hydrogen) atoms. The van der Waals surface area contributed by atoms with Gasteiger partial charge in [-0.05, 0) is 17.7 Å². The number of benzene rings is 1. The molecule has 0 saturated carbocycles. The Morgan fingerprint density at radius 1 is 1.64 bits per heavy atom. The van der Waals surface area contributed by atoms with E-state index >= 15 is 0 Å². The van der Waals surface area contributed by atoms with Crippen molar-refractivity contribution in [1.82, 2.24) is 0 Å². The minimum atomic E-state index is -1.11. The molecular weight excluding hydrogens is 205 g/mol. The molecule has 0 radical (unpaired) electrons. The summed E-state index contributed by atoms with van der Waals surface area (Å²) in [5.74, 6) is -1.70. The van der Waals surface area contributed by atoms with Gasteiger partial charge in [0.15, 0.2) is 0 Å². The standard InChI is InChI=1S/C9H6FNO2S/c10-6-1-5(2-9(12)13)7(4-11)8(14)3-6/h1,3,14H,2H2,(H,12,13). The van der Waals surface area contributed by atoms with Gasteiger partial charge in [-0.15, -0.1) is 12.6 Å². The van der Waals surface area contributed by atoms with Gasteiger partial charge in [-0.1, -0.05) is 0 Å². The predicted molar refractivity (Wildman–Crippen MR) is 49.7 cm³/mol. The fraction of sp³-hybridized carbons (Fsp3) is 0.111. The third kappa shape index (κ3) is 2.24. The molecule has 0 atom stereocenters. The maximum atomic E-state index is 12.8. The van der Waals surface area contributed by atoms with Crippen molar-refractivity contribution in [2.45, 2.75) is 11.3 Å². The number of rotatable bonds is 2. The first-order valence-electron chi connectivity index (χ1n) is 3.68. The lowest BCUT2D eigenvalue weighted by Gasteiger charge is -2.03. The quantitative estimate of drug-likeness (QED) is 0.730. The molecule has 0 aliphatic carbocycles. The number of halogens is 1. The van der Waals surface area contributed by atoms with Crippen molar-refractivity contribution in [2.75, 3.05) is 0 Å². The molecule has 0 aliphatic heterocycles. The van der Waals surface area contributed by atoms with Crippen LogP contribution in [0.15, 0.2) is 17.0 Å². The van der Waals surface area contributed by atoms with E-state index in [9.17, 15) is 9.18 Å². The van der Waals surface area contributed by atoms with Crippen LogP contribution >= 0.6 is 12.6 Å². The highest BCUT2D eigenvalue weighted by Crippen LogP contribution is 2.20. The molecule has 1 aromatic rings. The Morgan fingerprint density at radius 3 is 2.79 bits per heavy atom. The van der Waals surface area contributed by atoms with Gasteiger partial charge in [-0.3, -0.25) is 4.79 Å². The molecule has 0 fully saturated rings. The number of hydrogen-bond acceptors (Lipinski definition) is 3. The zero-order valence-corrected chi connectivity index (χ0v) is 7.88. The molecule has 0 saturated heterocycles. The smallest absolute Gasteiger partial charge is 0.307 e. The van der Waals surface area contributed by atoms with Crippen LogP contribution in [0.5, 0.6) is 0 Å². The molecule has 0 aromatic heterocycles. The molecule has 0 amide bonds. The third-order valence-electron chi connectivity index (χ3n) is 1.62. The fourth-order valence-corrected chi connectivity index (χ4v) is 1.40. The van der Waals surface area contributed by atoms with Gasteiger partial charge in [0.25, 0.3) is 0 Å². The second-order valence-electron chi connectivity index (χ2n) is 2.64. The molecule has 5 heteroatoms. The molecule has 72 valence electrons. The molecular formula is C9H6FNO2S. The second-order valence-corrected chi connectivity index (χ2v) is 3.12. The van der Waals surface area contributed by atoms with E-state index < -0.39 is 11.8 Å². The van der Waals surface area contributed by atoms with E-state index in [2.05, 4.69) is 12.6 Å². The van der Waals surface area contributed by atoms with Crippen LogP contribution in [-0.2, 0) is 11.2 Å². The van der Waals surface area contributed by atoms with E-state index in [-0.39, 0.29) is 22.4 Å². The summed E-state index contributed by atoms with van der Waals surface area (Å²) >= 11 is 3.88. The van der Waals surface area contributed by atoms with Crippen molar-refractivity contribution >= 4 is 18.6 Å². The van der Waals surface area contributed by atoms with Crippen LogP contribution < -0.4 is 0 Å². The Balaban J connectivity index is 3.26. The van der Waals surface area contributed by atoms with Gasteiger partial charge < -0.3 is 5.11 Å². The maximum Gasteiger partial charge on any atom is 0.307 e. The first-order chi connectivity index (χ1) is 6.54. The van der Waals surface area contributed by atoms with Crippen molar-refractivity contribution in [3.63, 3.8) is 0 Å². The van der Waals surface area contributed by atoms with Gasteiger partial charge in [0.2, 0.25) is 0 Å². The van der Waals surface area contributed by atoms with Gasteiger partial charge in [0.05, 0.1) is 12.0 Å². The van der Waals surface area contributed by atoms with Crippen molar-refractivity contribution < 1.29 is 14.3 Å². The third-order valence-corrected chi connectivity index (χ3v) is 1.97. The summed E-state index contributed by atoms with van der Waals surface area (Å²) in [5.41, 5.74) is 0.252. The largest absolute Gasteiger partial charge is 0.481 e. The molecule has 1 N–H and O–H groups in total. The Morgan fingerprint density at radius 2 is 2.29 bits per heavy atom. The average molecular weight is 211 g/mol. The highest BCUT2D eigenvalue weighted by atomic mass is 32.1. The summed E-state index contributed by atoms with van der Waals surface area (Å²) < 4.78 is 12.8. The highest BCUT2D eigenvalue weighted by molar-refractivity contribution is 7.80. The summed E-state index contributed by atoms with van der Waals surface area (Å²) in [6, 6.07) is 3.90. The lowest BCUT2D eigenvalue weighted by atomic mass is 10.1. The van der Waals surface area contributed by atoms with E-state index in [1.54, 1.807) is 6.07 Å². The van der Waals surface area contributed by atoms with Gasteiger partial charge in [0.1, 0.15) is 11.9 Å². The number of hydrogen-bond donors (Lipinski definition) is 2. The predicted octanol–water partition coefficient (Wildman–Crippen LogP) is 1.61. The first kappa shape index (κ1) is 10.5. The monoisotopic (exact) mass is 211 g/mol. The van der Waals surface area contributed by atoms with E-state index in [4.69, 9.17) is 10.4 Å². The fourth-order valence-electron chi connectivity index (χ4n) is 1.08. The van der Waals surface area contributed by atoms with E-state index in [0.29, 0.717) is 0 Å². The van der Waals surface area contributed by atoms with Crippen molar-refractivity contribution in [3.05, 3.63) is 29.1 Å². The molecule has 0 bridgehead atoms. The van der Waals surface area contributed by atoms with Gasteiger partial charge in [-0.25, -0.2) is 4.39 Å². The maximum absolute atomic E-state index is 12.8. The lowest BCUT2D eigenvalue weighted by Crippen LogP contribution is -2.03. The molecule has 1 rings (SSSR count). The van der Waals surface area contributed by atoms with Gasteiger partial charge >= 0.3 is 5.97 Å². The van der Waals surface area contributed by atoms with E-state index in [1.165, 1.54) is 0 Å². The summed E-state index contributed by atoms with van der Waals surface area (Å²) in [6.07, 6.45) is -0.381. The number of carbonyl (C=O) groups is 1. The first-order valence-corrected chi connectivity index (χ1v) is 4.12. The van der Waals surface area contributed by atoms with Crippen LogP contribution in [0.4, 0.5) is 4.39 Å². The second kappa shape index (κ2) is 4.11.